The zero-order valence-electron chi connectivity index (χ0n) is 15.6. The predicted octanol–water partition coefficient (Wildman–Crippen LogP) is 4.07. The minimum atomic E-state index is -0.561. The number of nitrogens with one attached hydrogen (secondary N) is 1. The van der Waals surface area contributed by atoms with E-state index in [-0.39, 0.29) is 16.6 Å². The molecule has 0 spiro atoms. The van der Waals surface area contributed by atoms with E-state index in [2.05, 4.69) is 19.5 Å². The predicted molar refractivity (Wildman–Crippen MR) is 121 cm³/mol. The molecule has 1 unspecified atom stereocenters. The molecule has 152 valence electrons. The Balaban J connectivity index is 1.75. The van der Waals surface area contributed by atoms with Crippen molar-refractivity contribution >= 4 is 54.7 Å². The van der Waals surface area contributed by atoms with Crippen molar-refractivity contribution in [2.45, 2.75) is 31.2 Å². The second-order valence-corrected chi connectivity index (χ2v) is 9.36. The molecular weight excluding hydrogens is 430 g/mol. The molecule has 4 rings (SSSR count). The van der Waals surface area contributed by atoms with Crippen LogP contribution >= 0.6 is 32.6 Å². The Morgan fingerprint density at radius 1 is 1.41 bits per heavy atom. The molecule has 2 aliphatic rings. The van der Waals surface area contributed by atoms with Gasteiger partial charge < -0.3 is 11.1 Å². The topological polar surface area (TPSA) is 80.4 Å². The van der Waals surface area contributed by atoms with Crippen molar-refractivity contribution in [3.05, 3.63) is 52.6 Å². The summed E-state index contributed by atoms with van der Waals surface area (Å²) in [6.07, 6.45) is 5.45. The molecule has 29 heavy (non-hydrogen) atoms. The zero-order valence-corrected chi connectivity index (χ0v) is 18.3. The molecule has 1 aliphatic carbocycles. The number of hydrogen-bond acceptors (Lipinski definition) is 5. The maximum Gasteiger partial charge on any atom is 0.275 e. The van der Waals surface area contributed by atoms with Crippen molar-refractivity contribution in [1.82, 2.24) is 4.98 Å². The van der Waals surface area contributed by atoms with Crippen LogP contribution < -0.4 is 16.4 Å². The molecule has 1 aliphatic heterocycles. The van der Waals surface area contributed by atoms with Gasteiger partial charge in [-0.2, -0.15) is 0 Å². The van der Waals surface area contributed by atoms with Gasteiger partial charge in [0.15, 0.2) is 5.17 Å². The standard InChI is InChI=1S/C20H21ClFN4OPS/c21-14-5-3-7-24-16(14)18(27)25-12-8-13(17(28)15(22)9-12)20-6-2-1-4-11(20)10-29-19(23)26-20/h3,5,7-9,11H,1-2,4,6,10,28H2,(H2,23,26)(H,25,27)/t11-,20-/m0/s1. The molecule has 1 aromatic heterocycles. The van der Waals surface area contributed by atoms with Gasteiger partial charge in [-0.3, -0.25) is 9.79 Å². The van der Waals surface area contributed by atoms with Crippen molar-refractivity contribution in [3.63, 3.8) is 0 Å². The van der Waals surface area contributed by atoms with Crippen LogP contribution in [0.15, 0.2) is 35.5 Å². The molecule has 0 saturated heterocycles. The summed E-state index contributed by atoms with van der Waals surface area (Å²) in [6.45, 7) is 0. The number of fused-ring (bicyclic) bond motifs is 1. The van der Waals surface area contributed by atoms with E-state index in [4.69, 9.17) is 22.3 Å². The minimum absolute atomic E-state index is 0.0936. The summed E-state index contributed by atoms with van der Waals surface area (Å²) in [6, 6.07) is 6.35. The number of amides is 1. The molecule has 0 radical (unpaired) electrons. The molecule has 1 aromatic carbocycles. The highest BCUT2D eigenvalue weighted by atomic mass is 35.5. The second-order valence-electron chi connectivity index (χ2n) is 7.34. The van der Waals surface area contributed by atoms with E-state index in [1.54, 1.807) is 23.9 Å². The van der Waals surface area contributed by atoms with Gasteiger partial charge in [0.05, 0.1) is 10.6 Å². The van der Waals surface area contributed by atoms with E-state index in [0.29, 0.717) is 16.2 Å². The molecule has 1 amide bonds. The Morgan fingerprint density at radius 3 is 3.03 bits per heavy atom. The number of carbonyl (C=O) groups is 1. The number of benzene rings is 1. The van der Waals surface area contributed by atoms with Crippen LogP contribution in [-0.4, -0.2) is 21.8 Å². The van der Waals surface area contributed by atoms with Crippen LogP contribution in [-0.2, 0) is 5.54 Å². The lowest BCUT2D eigenvalue weighted by atomic mass is 9.69. The molecule has 2 aromatic rings. The van der Waals surface area contributed by atoms with E-state index in [0.717, 1.165) is 37.0 Å². The largest absolute Gasteiger partial charge is 0.379 e. The SMILES string of the molecule is NC1=N[C@@]2(c3cc(NC(=O)c4ncccc4Cl)cc(F)c3P)CCCC[C@H]2CS1. The van der Waals surface area contributed by atoms with E-state index < -0.39 is 17.3 Å². The lowest BCUT2D eigenvalue weighted by molar-refractivity contribution is 0.102. The normalized spacial score (nSPS) is 23.8. The molecule has 3 N–H and O–H groups in total. The van der Waals surface area contributed by atoms with Crippen LogP contribution in [0.1, 0.15) is 41.7 Å². The fraction of sp³-hybridized carbons (Fsp3) is 0.350. The Kier molecular flexibility index (Phi) is 5.83. The number of halogens is 2. The van der Waals surface area contributed by atoms with Crippen LogP contribution in [0.25, 0.3) is 0 Å². The average Bonchev–Trinajstić information content (AvgIpc) is 2.70. The molecule has 2 heterocycles. The molecule has 5 nitrogen and oxygen atoms in total. The van der Waals surface area contributed by atoms with Crippen LogP contribution in [0.5, 0.6) is 0 Å². The number of nitrogens with zero attached hydrogens (tertiary/aromatic N) is 2. The fourth-order valence-corrected chi connectivity index (χ4v) is 5.88. The van der Waals surface area contributed by atoms with Gasteiger partial charge in [-0.25, -0.2) is 9.37 Å². The number of anilines is 1. The maximum absolute atomic E-state index is 14.9. The first-order chi connectivity index (χ1) is 13.9. The second kappa shape index (κ2) is 8.21. The van der Waals surface area contributed by atoms with Gasteiger partial charge in [0.25, 0.3) is 5.91 Å². The number of aromatic nitrogens is 1. The Morgan fingerprint density at radius 2 is 2.24 bits per heavy atom. The summed E-state index contributed by atoms with van der Waals surface area (Å²) in [7, 11) is 2.50. The van der Waals surface area contributed by atoms with Crippen molar-refractivity contribution in [2.24, 2.45) is 16.6 Å². The van der Waals surface area contributed by atoms with Gasteiger partial charge in [0.1, 0.15) is 11.5 Å². The van der Waals surface area contributed by atoms with Gasteiger partial charge >= 0.3 is 0 Å². The van der Waals surface area contributed by atoms with E-state index >= 15 is 0 Å². The van der Waals surface area contributed by atoms with Gasteiger partial charge in [-0.05, 0) is 48.6 Å². The zero-order chi connectivity index (χ0) is 20.6. The molecular formula is C20H21ClFN4OPS. The van der Waals surface area contributed by atoms with Gasteiger partial charge in [0, 0.05) is 22.9 Å². The van der Waals surface area contributed by atoms with Gasteiger partial charge in [0.2, 0.25) is 0 Å². The summed E-state index contributed by atoms with van der Waals surface area (Å²) >= 11 is 7.62. The number of rotatable bonds is 3. The molecule has 3 atom stereocenters. The third-order valence-electron chi connectivity index (χ3n) is 5.61. The number of pyridine rings is 1. The van der Waals surface area contributed by atoms with Crippen LogP contribution in [0.3, 0.4) is 0 Å². The highest BCUT2D eigenvalue weighted by Gasteiger charge is 2.46. The number of hydrogen-bond donors (Lipinski definition) is 2. The quantitative estimate of drug-likeness (QED) is 0.691. The highest BCUT2D eigenvalue weighted by Crippen LogP contribution is 2.49. The smallest absolute Gasteiger partial charge is 0.275 e. The van der Waals surface area contributed by atoms with E-state index in [1.807, 2.05) is 6.07 Å². The van der Waals surface area contributed by atoms with Crippen molar-refractivity contribution in [3.8, 4) is 0 Å². The first kappa shape index (κ1) is 20.6. The van der Waals surface area contributed by atoms with Gasteiger partial charge in [-0.15, -0.1) is 9.24 Å². The highest BCUT2D eigenvalue weighted by molar-refractivity contribution is 8.13. The summed E-state index contributed by atoms with van der Waals surface area (Å²) in [4.78, 5) is 21.5. The van der Waals surface area contributed by atoms with Crippen LogP contribution in [0, 0.1) is 11.7 Å². The summed E-state index contributed by atoms with van der Waals surface area (Å²) < 4.78 is 14.9. The molecule has 9 heteroatoms. The lowest BCUT2D eigenvalue weighted by Crippen LogP contribution is -2.44. The van der Waals surface area contributed by atoms with Gasteiger partial charge in [-0.1, -0.05) is 36.2 Å². The summed E-state index contributed by atoms with van der Waals surface area (Å²) in [5.74, 6) is 0.239. The molecule has 1 saturated carbocycles. The Labute approximate surface area is 180 Å². The van der Waals surface area contributed by atoms with E-state index in [9.17, 15) is 9.18 Å². The first-order valence-corrected chi connectivity index (χ1v) is 11.3. The monoisotopic (exact) mass is 450 g/mol. The van der Waals surface area contributed by atoms with Crippen molar-refractivity contribution in [2.75, 3.05) is 11.1 Å². The number of aliphatic imine (C=N–C) groups is 1. The molecule has 1 fully saturated rings. The Hall–Kier alpha value is -1.69. The number of carbonyl (C=O) groups excluding carboxylic acids is 1. The molecule has 0 bridgehead atoms. The first-order valence-electron chi connectivity index (χ1n) is 9.40. The Bertz CT molecular complexity index is 1000. The fourth-order valence-electron chi connectivity index (χ4n) is 4.22. The third-order valence-corrected chi connectivity index (χ3v) is 7.45. The number of nitrogens with two attached hydrogens (primary N) is 1. The average molecular weight is 451 g/mol. The number of amidine groups is 1. The minimum Gasteiger partial charge on any atom is -0.379 e. The van der Waals surface area contributed by atoms with E-state index in [1.165, 1.54) is 12.3 Å². The summed E-state index contributed by atoms with van der Waals surface area (Å²) in [5.41, 5.74) is 6.73. The van der Waals surface area contributed by atoms with Crippen molar-refractivity contribution in [1.29, 1.82) is 0 Å². The van der Waals surface area contributed by atoms with Crippen LogP contribution in [0.4, 0.5) is 10.1 Å². The van der Waals surface area contributed by atoms with Crippen LogP contribution in [0.2, 0.25) is 5.02 Å². The number of thioether (sulfide) groups is 1. The lowest BCUT2D eigenvalue weighted by Gasteiger charge is -2.45. The summed E-state index contributed by atoms with van der Waals surface area (Å²) in [5, 5.41) is 3.96. The maximum atomic E-state index is 14.9. The third kappa shape index (κ3) is 3.88. The van der Waals surface area contributed by atoms with Crippen molar-refractivity contribution < 1.29 is 9.18 Å².